The lowest BCUT2D eigenvalue weighted by Crippen LogP contribution is -2.39. The second kappa shape index (κ2) is 5.49. The molecule has 2 fully saturated rings. The summed E-state index contributed by atoms with van der Waals surface area (Å²) in [4.78, 5) is 27.3. The van der Waals surface area contributed by atoms with Gasteiger partial charge in [0.15, 0.2) is 0 Å². The first kappa shape index (κ1) is 12.4. The quantitative estimate of drug-likeness (QED) is 0.703. The van der Waals surface area contributed by atoms with Crippen LogP contribution in [0.2, 0.25) is 0 Å². The molecule has 0 radical (unpaired) electrons. The van der Waals surface area contributed by atoms with Crippen molar-refractivity contribution in [1.82, 2.24) is 9.80 Å². The maximum Gasteiger partial charge on any atom is 0.248 e. The molecule has 1 saturated carbocycles. The van der Waals surface area contributed by atoms with Gasteiger partial charge in [-0.2, -0.15) is 0 Å². The van der Waals surface area contributed by atoms with Crippen LogP contribution >= 0.6 is 0 Å². The van der Waals surface area contributed by atoms with E-state index in [2.05, 4.69) is 0 Å². The summed E-state index contributed by atoms with van der Waals surface area (Å²) < 4.78 is 4.85. The number of carbonyl (C=O) groups excluding carboxylic acids is 2. The van der Waals surface area contributed by atoms with Crippen molar-refractivity contribution in [3.8, 4) is 0 Å². The molecule has 2 amide bonds. The number of amides is 2. The third-order valence-electron chi connectivity index (χ3n) is 3.35. The van der Waals surface area contributed by atoms with Crippen LogP contribution in [-0.4, -0.2) is 61.5 Å². The summed E-state index contributed by atoms with van der Waals surface area (Å²) in [6, 6.07) is 0. The van der Waals surface area contributed by atoms with Crippen LogP contribution in [0, 0.1) is 5.92 Å². The van der Waals surface area contributed by atoms with Crippen molar-refractivity contribution in [1.29, 1.82) is 0 Å². The Labute approximate surface area is 102 Å². The SMILES string of the molecule is COCC(=O)N1CCCN(C(=O)C2CC2)CC1. The summed E-state index contributed by atoms with van der Waals surface area (Å²) in [6.07, 6.45) is 2.96. The van der Waals surface area contributed by atoms with E-state index in [-0.39, 0.29) is 24.3 Å². The fourth-order valence-corrected chi connectivity index (χ4v) is 2.19. The van der Waals surface area contributed by atoms with Crippen molar-refractivity contribution in [2.75, 3.05) is 39.9 Å². The fourth-order valence-electron chi connectivity index (χ4n) is 2.19. The average molecular weight is 240 g/mol. The molecule has 2 aliphatic rings. The van der Waals surface area contributed by atoms with Crippen LogP contribution in [-0.2, 0) is 14.3 Å². The molecule has 0 atom stereocenters. The lowest BCUT2D eigenvalue weighted by molar-refractivity contribution is -0.136. The summed E-state index contributed by atoms with van der Waals surface area (Å²) >= 11 is 0. The highest BCUT2D eigenvalue weighted by atomic mass is 16.5. The topological polar surface area (TPSA) is 49.9 Å². The minimum absolute atomic E-state index is 0.0215. The lowest BCUT2D eigenvalue weighted by atomic mass is 10.3. The number of nitrogens with zero attached hydrogens (tertiary/aromatic N) is 2. The lowest BCUT2D eigenvalue weighted by Gasteiger charge is -2.22. The highest BCUT2D eigenvalue weighted by molar-refractivity contribution is 5.81. The largest absolute Gasteiger partial charge is 0.375 e. The molecule has 1 aliphatic heterocycles. The van der Waals surface area contributed by atoms with Gasteiger partial charge in [-0.05, 0) is 19.3 Å². The molecular formula is C12H20N2O3. The van der Waals surface area contributed by atoms with Crippen LogP contribution in [0.15, 0.2) is 0 Å². The van der Waals surface area contributed by atoms with Gasteiger partial charge >= 0.3 is 0 Å². The predicted molar refractivity (Wildman–Crippen MR) is 62.4 cm³/mol. The highest BCUT2D eigenvalue weighted by Gasteiger charge is 2.34. The van der Waals surface area contributed by atoms with Gasteiger partial charge in [0.1, 0.15) is 6.61 Å². The van der Waals surface area contributed by atoms with Crippen molar-refractivity contribution in [2.24, 2.45) is 5.92 Å². The molecule has 0 unspecified atom stereocenters. The van der Waals surface area contributed by atoms with Crippen molar-refractivity contribution in [2.45, 2.75) is 19.3 Å². The number of hydrogen-bond acceptors (Lipinski definition) is 3. The molecule has 1 saturated heterocycles. The highest BCUT2D eigenvalue weighted by Crippen LogP contribution is 2.31. The zero-order valence-corrected chi connectivity index (χ0v) is 10.4. The monoisotopic (exact) mass is 240 g/mol. The molecule has 17 heavy (non-hydrogen) atoms. The maximum atomic E-state index is 11.9. The maximum absolute atomic E-state index is 11.9. The number of hydrogen-bond donors (Lipinski definition) is 0. The van der Waals surface area contributed by atoms with E-state index in [1.54, 1.807) is 4.90 Å². The number of methoxy groups -OCH3 is 1. The predicted octanol–water partition coefficient (Wildman–Crippen LogP) is 0.104. The molecule has 1 aliphatic carbocycles. The second-order valence-electron chi connectivity index (χ2n) is 4.77. The molecule has 5 heteroatoms. The first-order valence-electron chi connectivity index (χ1n) is 6.28. The van der Waals surface area contributed by atoms with Gasteiger partial charge in [-0.25, -0.2) is 0 Å². The summed E-state index contributed by atoms with van der Waals surface area (Å²) in [5, 5.41) is 0. The Kier molecular flexibility index (Phi) is 3.99. The van der Waals surface area contributed by atoms with Crippen molar-refractivity contribution >= 4 is 11.8 Å². The Morgan fingerprint density at radius 1 is 1.12 bits per heavy atom. The van der Waals surface area contributed by atoms with Gasteiger partial charge in [-0.3, -0.25) is 9.59 Å². The molecule has 5 nitrogen and oxygen atoms in total. The van der Waals surface area contributed by atoms with Gasteiger partial charge < -0.3 is 14.5 Å². The minimum atomic E-state index is 0.0215. The van der Waals surface area contributed by atoms with Gasteiger partial charge in [-0.15, -0.1) is 0 Å². The van der Waals surface area contributed by atoms with Crippen LogP contribution < -0.4 is 0 Å². The second-order valence-corrected chi connectivity index (χ2v) is 4.77. The first-order valence-corrected chi connectivity index (χ1v) is 6.28. The smallest absolute Gasteiger partial charge is 0.248 e. The molecule has 0 N–H and O–H groups in total. The Morgan fingerprint density at radius 3 is 2.41 bits per heavy atom. The normalized spacial score (nSPS) is 21.2. The van der Waals surface area contributed by atoms with E-state index < -0.39 is 0 Å². The first-order chi connectivity index (χ1) is 8.22. The molecule has 1 heterocycles. The molecule has 0 bridgehead atoms. The van der Waals surface area contributed by atoms with Crippen LogP contribution in [0.4, 0.5) is 0 Å². The van der Waals surface area contributed by atoms with Crippen LogP contribution in [0.1, 0.15) is 19.3 Å². The minimum Gasteiger partial charge on any atom is -0.375 e. The molecule has 0 aromatic rings. The van der Waals surface area contributed by atoms with Crippen LogP contribution in [0.5, 0.6) is 0 Å². The third-order valence-corrected chi connectivity index (χ3v) is 3.35. The Hall–Kier alpha value is -1.10. The van der Waals surface area contributed by atoms with Crippen molar-refractivity contribution < 1.29 is 14.3 Å². The Bertz CT molecular complexity index is 302. The number of carbonyl (C=O) groups is 2. The standard InChI is InChI=1S/C12H20N2O3/c1-17-9-11(15)13-5-2-6-14(8-7-13)12(16)10-3-4-10/h10H,2-9H2,1H3. The third kappa shape index (κ3) is 3.19. The van der Waals surface area contributed by atoms with E-state index in [0.717, 1.165) is 32.4 Å². The van der Waals surface area contributed by atoms with Crippen LogP contribution in [0.25, 0.3) is 0 Å². The molecule has 96 valence electrons. The average Bonchev–Trinajstić information content (AvgIpc) is 3.15. The Balaban J connectivity index is 1.84. The zero-order chi connectivity index (χ0) is 12.3. The van der Waals surface area contributed by atoms with Gasteiger partial charge in [0.25, 0.3) is 0 Å². The van der Waals surface area contributed by atoms with Crippen molar-refractivity contribution in [3.05, 3.63) is 0 Å². The number of rotatable bonds is 3. The van der Waals surface area contributed by atoms with Gasteiger partial charge in [0, 0.05) is 39.2 Å². The molecule has 0 aromatic heterocycles. The molecule has 0 spiro atoms. The van der Waals surface area contributed by atoms with Gasteiger partial charge in [0.2, 0.25) is 11.8 Å². The summed E-state index contributed by atoms with van der Waals surface area (Å²) in [7, 11) is 1.53. The number of ether oxygens (including phenoxy) is 1. The van der Waals surface area contributed by atoms with E-state index >= 15 is 0 Å². The molecular weight excluding hydrogens is 220 g/mol. The van der Waals surface area contributed by atoms with E-state index in [1.807, 2.05) is 4.90 Å². The van der Waals surface area contributed by atoms with E-state index in [0.29, 0.717) is 13.1 Å². The van der Waals surface area contributed by atoms with Crippen molar-refractivity contribution in [3.63, 3.8) is 0 Å². The zero-order valence-electron chi connectivity index (χ0n) is 10.4. The van der Waals surface area contributed by atoms with Crippen LogP contribution in [0.3, 0.4) is 0 Å². The van der Waals surface area contributed by atoms with E-state index in [1.165, 1.54) is 7.11 Å². The fraction of sp³-hybridized carbons (Fsp3) is 0.833. The molecule has 0 aromatic carbocycles. The summed E-state index contributed by atoms with van der Waals surface area (Å²) in [6.45, 7) is 2.96. The Morgan fingerprint density at radius 2 is 1.76 bits per heavy atom. The van der Waals surface area contributed by atoms with E-state index in [9.17, 15) is 9.59 Å². The summed E-state index contributed by atoms with van der Waals surface area (Å²) in [5.41, 5.74) is 0. The van der Waals surface area contributed by atoms with E-state index in [4.69, 9.17) is 4.74 Å². The van der Waals surface area contributed by atoms with Gasteiger partial charge in [0.05, 0.1) is 0 Å². The molecule has 2 rings (SSSR count). The summed E-state index contributed by atoms with van der Waals surface area (Å²) in [5.74, 6) is 0.579. The van der Waals surface area contributed by atoms with Gasteiger partial charge in [-0.1, -0.05) is 0 Å².